The summed E-state index contributed by atoms with van der Waals surface area (Å²) in [6.07, 6.45) is 1.67. The van der Waals surface area contributed by atoms with Crippen molar-refractivity contribution >= 4 is 0 Å². The van der Waals surface area contributed by atoms with Gasteiger partial charge in [-0.15, -0.1) is 0 Å². The maximum absolute atomic E-state index is 13.1. The Balaban J connectivity index is 2.10. The first-order valence-electron chi connectivity index (χ1n) is 6.73. The lowest BCUT2D eigenvalue weighted by Gasteiger charge is -2.10. The number of halogens is 2. The van der Waals surface area contributed by atoms with Gasteiger partial charge in [0.05, 0.1) is 7.11 Å². The SMILES string of the molecule is COc1ncc(-c2ccc(F)cc2)cc1-c1ccc(F)cc1. The van der Waals surface area contributed by atoms with Gasteiger partial charge in [0.2, 0.25) is 5.88 Å². The molecule has 1 aromatic heterocycles. The summed E-state index contributed by atoms with van der Waals surface area (Å²) in [6.45, 7) is 0. The molecule has 0 N–H and O–H groups in total. The number of hydrogen-bond acceptors (Lipinski definition) is 2. The first-order chi connectivity index (χ1) is 10.7. The average Bonchev–Trinajstić information content (AvgIpc) is 2.56. The van der Waals surface area contributed by atoms with Gasteiger partial charge in [-0.1, -0.05) is 24.3 Å². The molecule has 0 fully saturated rings. The second-order valence-corrected chi connectivity index (χ2v) is 4.79. The van der Waals surface area contributed by atoms with E-state index in [0.717, 1.165) is 22.3 Å². The molecule has 0 radical (unpaired) electrons. The maximum Gasteiger partial charge on any atom is 0.221 e. The molecular weight excluding hydrogens is 284 g/mol. The zero-order valence-corrected chi connectivity index (χ0v) is 11.9. The van der Waals surface area contributed by atoms with Crippen LogP contribution in [0.1, 0.15) is 0 Å². The van der Waals surface area contributed by atoms with Crippen molar-refractivity contribution in [3.63, 3.8) is 0 Å². The van der Waals surface area contributed by atoms with E-state index >= 15 is 0 Å². The summed E-state index contributed by atoms with van der Waals surface area (Å²) >= 11 is 0. The van der Waals surface area contributed by atoms with Gasteiger partial charge >= 0.3 is 0 Å². The molecule has 0 aliphatic carbocycles. The van der Waals surface area contributed by atoms with Crippen molar-refractivity contribution in [2.75, 3.05) is 7.11 Å². The normalized spacial score (nSPS) is 10.5. The van der Waals surface area contributed by atoms with E-state index in [4.69, 9.17) is 4.74 Å². The molecule has 0 saturated carbocycles. The van der Waals surface area contributed by atoms with Gasteiger partial charge in [-0.05, 0) is 41.5 Å². The first kappa shape index (κ1) is 14.2. The molecule has 2 nitrogen and oxygen atoms in total. The molecule has 0 spiro atoms. The van der Waals surface area contributed by atoms with Gasteiger partial charge in [-0.2, -0.15) is 0 Å². The molecule has 2 aromatic carbocycles. The van der Waals surface area contributed by atoms with Crippen LogP contribution in [0.4, 0.5) is 8.78 Å². The number of nitrogens with zero attached hydrogens (tertiary/aromatic N) is 1. The highest BCUT2D eigenvalue weighted by Gasteiger charge is 2.10. The highest BCUT2D eigenvalue weighted by molar-refractivity contribution is 5.75. The monoisotopic (exact) mass is 297 g/mol. The predicted molar refractivity (Wildman–Crippen MR) is 81.6 cm³/mol. The predicted octanol–water partition coefficient (Wildman–Crippen LogP) is 4.70. The number of methoxy groups -OCH3 is 1. The molecule has 0 aliphatic heterocycles. The van der Waals surface area contributed by atoms with Crippen LogP contribution < -0.4 is 4.74 Å². The number of benzene rings is 2. The van der Waals surface area contributed by atoms with E-state index in [0.29, 0.717) is 5.88 Å². The molecule has 0 atom stereocenters. The third kappa shape index (κ3) is 2.81. The largest absolute Gasteiger partial charge is 0.481 e. The van der Waals surface area contributed by atoms with Gasteiger partial charge < -0.3 is 4.74 Å². The van der Waals surface area contributed by atoms with Crippen molar-refractivity contribution < 1.29 is 13.5 Å². The fourth-order valence-electron chi connectivity index (χ4n) is 2.25. The molecule has 0 bridgehead atoms. The summed E-state index contributed by atoms with van der Waals surface area (Å²) in [7, 11) is 1.53. The van der Waals surface area contributed by atoms with Crippen LogP contribution in [-0.4, -0.2) is 12.1 Å². The second-order valence-electron chi connectivity index (χ2n) is 4.79. The van der Waals surface area contributed by atoms with Gasteiger partial charge in [0.1, 0.15) is 11.6 Å². The quantitative estimate of drug-likeness (QED) is 0.699. The summed E-state index contributed by atoms with van der Waals surface area (Å²) < 4.78 is 31.4. The van der Waals surface area contributed by atoms with Crippen molar-refractivity contribution in [3.8, 4) is 28.1 Å². The molecule has 4 heteroatoms. The lowest BCUT2D eigenvalue weighted by Crippen LogP contribution is -1.93. The Hall–Kier alpha value is -2.75. The van der Waals surface area contributed by atoms with E-state index in [1.807, 2.05) is 6.07 Å². The maximum atomic E-state index is 13.1. The highest BCUT2D eigenvalue weighted by atomic mass is 19.1. The van der Waals surface area contributed by atoms with Crippen LogP contribution in [0.5, 0.6) is 5.88 Å². The van der Waals surface area contributed by atoms with E-state index < -0.39 is 0 Å². The molecule has 0 amide bonds. The molecule has 0 unspecified atom stereocenters. The summed E-state index contributed by atoms with van der Waals surface area (Å²) in [4.78, 5) is 4.29. The van der Waals surface area contributed by atoms with Crippen LogP contribution in [0.15, 0.2) is 60.8 Å². The Labute approximate surface area is 127 Å². The zero-order valence-electron chi connectivity index (χ0n) is 11.9. The molecule has 0 saturated heterocycles. The topological polar surface area (TPSA) is 22.1 Å². The Morgan fingerprint density at radius 1 is 0.773 bits per heavy atom. The van der Waals surface area contributed by atoms with Crippen molar-refractivity contribution in [2.45, 2.75) is 0 Å². The molecule has 0 aliphatic rings. The summed E-state index contributed by atoms with van der Waals surface area (Å²) in [5.41, 5.74) is 3.24. The van der Waals surface area contributed by atoms with Gasteiger partial charge in [0, 0.05) is 17.3 Å². The van der Waals surface area contributed by atoms with Crippen LogP contribution in [-0.2, 0) is 0 Å². The highest BCUT2D eigenvalue weighted by Crippen LogP contribution is 2.32. The van der Waals surface area contributed by atoms with Crippen LogP contribution in [0.3, 0.4) is 0 Å². The second kappa shape index (κ2) is 5.93. The first-order valence-corrected chi connectivity index (χ1v) is 6.73. The molecule has 1 heterocycles. The van der Waals surface area contributed by atoms with E-state index in [1.54, 1.807) is 30.5 Å². The Kier molecular flexibility index (Phi) is 3.83. The average molecular weight is 297 g/mol. The molecule has 3 rings (SSSR count). The smallest absolute Gasteiger partial charge is 0.221 e. The van der Waals surface area contributed by atoms with Crippen molar-refractivity contribution in [1.29, 1.82) is 0 Å². The summed E-state index contributed by atoms with van der Waals surface area (Å²) in [5.74, 6) is -0.133. The number of rotatable bonds is 3. The molecule has 22 heavy (non-hydrogen) atoms. The summed E-state index contributed by atoms with van der Waals surface area (Å²) in [6, 6.07) is 14.2. The molecular formula is C18H13F2NO. The van der Waals surface area contributed by atoms with Crippen LogP contribution in [0, 0.1) is 11.6 Å². The lowest BCUT2D eigenvalue weighted by molar-refractivity contribution is 0.400. The third-order valence-electron chi connectivity index (χ3n) is 3.38. The fourth-order valence-corrected chi connectivity index (χ4v) is 2.25. The summed E-state index contributed by atoms with van der Waals surface area (Å²) in [5, 5.41) is 0. The number of hydrogen-bond donors (Lipinski definition) is 0. The minimum atomic E-state index is -0.301. The minimum absolute atomic E-state index is 0.288. The van der Waals surface area contributed by atoms with Gasteiger partial charge in [-0.3, -0.25) is 0 Å². The van der Waals surface area contributed by atoms with Gasteiger partial charge in [0.15, 0.2) is 0 Å². The number of ether oxygens (including phenoxy) is 1. The Bertz CT molecular complexity index is 783. The number of pyridine rings is 1. The van der Waals surface area contributed by atoms with Crippen LogP contribution in [0.2, 0.25) is 0 Å². The van der Waals surface area contributed by atoms with Gasteiger partial charge in [-0.25, -0.2) is 13.8 Å². The fraction of sp³-hybridized carbons (Fsp3) is 0.0556. The van der Waals surface area contributed by atoms with E-state index in [9.17, 15) is 8.78 Å². The minimum Gasteiger partial charge on any atom is -0.481 e. The van der Waals surface area contributed by atoms with E-state index in [1.165, 1.54) is 31.4 Å². The Morgan fingerprint density at radius 2 is 1.32 bits per heavy atom. The van der Waals surface area contributed by atoms with E-state index in [2.05, 4.69) is 4.98 Å². The van der Waals surface area contributed by atoms with Crippen LogP contribution in [0.25, 0.3) is 22.3 Å². The lowest BCUT2D eigenvalue weighted by atomic mass is 10.0. The number of aromatic nitrogens is 1. The van der Waals surface area contributed by atoms with Crippen molar-refractivity contribution in [1.82, 2.24) is 4.98 Å². The van der Waals surface area contributed by atoms with E-state index in [-0.39, 0.29) is 11.6 Å². The van der Waals surface area contributed by atoms with Crippen molar-refractivity contribution in [3.05, 3.63) is 72.4 Å². The van der Waals surface area contributed by atoms with Crippen molar-refractivity contribution in [2.24, 2.45) is 0 Å². The zero-order chi connectivity index (χ0) is 15.5. The van der Waals surface area contributed by atoms with Crippen LogP contribution >= 0.6 is 0 Å². The third-order valence-corrected chi connectivity index (χ3v) is 3.38. The van der Waals surface area contributed by atoms with Gasteiger partial charge in [0.25, 0.3) is 0 Å². The molecule has 3 aromatic rings. The molecule has 110 valence electrons. The standard InChI is InChI=1S/C18H13F2NO/c1-22-18-17(13-4-8-16(20)9-5-13)10-14(11-21-18)12-2-6-15(19)7-3-12/h2-11H,1H3. The Morgan fingerprint density at radius 3 is 1.86 bits per heavy atom.